The van der Waals surface area contributed by atoms with Crippen LogP contribution in [-0.2, 0) is 11.2 Å². The summed E-state index contributed by atoms with van der Waals surface area (Å²) in [5.41, 5.74) is 2.68. The summed E-state index contributed by atoms with van der Waals surface area (Å²) in [6.07, 6.45) is 2.40. The van der Waals surface area contributed by atoms with Crippen LogP contribution in [0, 0.1) is 6.92 Å². The molecule has 1 aliphatic rings. The van der Waals surface area contributed by atoms with Gasteiger partial charge in [-0.05, 0) is 36.8 Å². The zero-order valence-corrected chi connectivity index (χ0v) is 18.0. The molecule has 2 aromatic heterocycles. The van der Waals surface area contributed by atoms with Crippen molar-refractivity contribution in [2.75, 3.05) is 48.4 Å². The average molecular weight is 435 g/mol. The quantitative estimate of drug-likeness (QED) is 0.588. The molecule has 2 amide bonds. The lowest BCUT2D eigenvalue weighted by Crippen LogP contribution is -2.37. The summed E-state index contributed by atoms with van der Waals surface area (Å²) in [5, 5.41) is 5.52. The summed E-state index contributed by atoms with van der Waals surface area (Å²) < 4.78 is 11.3. The Morgan fingerprint density at radius 1 is 1.09 bits per heavy atom. The summed E-state index contributed by atoms with van der Waals surface area (Å²) in [4.78, 5) is 27.8. The number of ether oxygens (including phenoxy) is 2. The van der Waals surface area contributed by atoms with Gasteiger partial charge in [0.2, 0.25) is 11.8 Å². The van der Waals surface area contributed by atoms with Crippen molar-refractivity contribution in [2.45, 2.75) is 13.3 Å². The Hall–Kier alpha value is -3.72. The van der Waals surface area contributed by atoms with Crippen LogP contribution in [0.2, 0.25) is 0 Å². The van der Waals surface area contributed by atoms with Crippen molar-refractivity contribution in [3.05, 3.63) is 66.0 Å². The first-order valence-electron chi connectivity index (χ1n) is 10.5. The second kappa shape index (κ2) is 10.5. The lowest BCUT2D eigenvalue weighted by Gasteiger charge is -2.28. The first-order chi connectivity index (χ1) is 15.7. The number of urea groups is 1. The van der Waals surface area contributed by atoms with E-state index in [2.05, 4.69) is 30.5 Å². The van der Waals surface area contributed by atoms with Gasteiger partial charge < -0.3 is 19.7 Å². The number of carbonyl (C=O) groups excluding carboxylic acids is 1. The molecule has 4 rings (SSSR count). The predicted molar refractivity (Wildman–Crippen MR) is 122 cm³/mol. The highest BCUT2D eigenvalue weighted by Gasteiger charge is 2.17. The normalized spacial score (nSPS) is 13.5. The minimum Gasteiger partial charge on any atom is -0.477 e. The van der Waals surface area contributed by atoms with Gasteiger partial charge in [0.1, 0.15) is 5.82 Å². The van der Waals surface area contributed by atoms with E-state index in [0.717, 1.165) is 11.3 Å². The summed E-state index contributed by atoms with van der Waals surface area (Å²) in [6.45, 7) is 5.03. The van der Waals surface area contributed by atoms with Crippen molar-refractivity contribution >= 4 is 23.5 Å². The molecule has 1 aliphatic heterocycles. The Morgan fingerprint density at radius 3 is 2.75 bits per heavy atom. The largest absolute Gasteiger partial charge is 0.477 e. The van der Waals surface area contributed by atoms with Gasteiger partial charge >= 0.3 is 6.03 Å². The Labute approximate surface area is 186 Å². The van der Waals surface area contributed by atoms with Crippen LogP contribution in [0.15, 0.2) is 54.7 Å². The summed E-state index contributed by atoms with van der Waals surface area (Å²) >= 11 is 0. The number of carbonyl (C=O) groups is 1. The monoisotopic (exact) mass is 434 g/mol. The van der Waals surface area contributed by atoms with Crippen molar-refractivity contribution in [1.82, 2.24) is 15.0 Å². The standard InChI is InChI=1S/C23H26N6O3/c1-17-5-4-7-19(15-17)25-23(30)28-22-26-20(29-10-13-31-14-11-29)16-21(27-22)32-12-8-18-6-2-3-9-24-18/h2-7,9,15-16H,8,10-14H2,1H3,(H2,25,26,27,28,30). The highest BCUT2D eigenvalue weighted by molar-refractivity contribution is 5.98. The van der Waals surface area contributed by atoms with E-state index in [1.54, 1.807) is 12.3 Å². The molecule has 2 N–H and O–H groups in total. The molecule has 3 heterocycles. The van der Waals surface area contributed by atoms with Gasteiger partial charge in [0.25, 0.3) is 0 Å². The van der Waals surface area contributed by atoms with Gasteiger partial charge in [-0.3, -0.25) is 10.3 Å². The van der Waals surface area contributed by atoms with Crippen molar-refractivity contribution in [3.63, 3.8) is 0 Å². The van der Waals surface area contributed by atoms with Crippen molar-refractivity contribution in [1.29, 1.82) is 0 Å². The molecule has 0 bridgehead atoms. The molecule has 0 spiro atoms. The van der Waals surface area contributed by atoms with Crippen molar-refractivity contribution < 1.29 is 14.3 Å². The lowest BCUT2D eigenvalue weighted by molar-refractivity contribution is 0.122. The SMILES string of the molecule is Cc1cccc(NC(=O)Nc2nc(OCCc3ccccn3)cc(N3CCOCC3)n2)c1. The van der Waals surface area contributed by atoms with E-state index in [1.165, 1.54) is 0 Å². The number of aromatic nitrogens is 3. The zero-order valence-electron chi connectivity index (χ0n) is 18.0. The molecular weight excluding hydrogens is 408 g/mol. The third-order valence-corrected chi connectivity index (χ3v) is 4.86. The lowest BCUT2D eigenvalue weighted by atomic mass is 10.2. The van der Waals surface area contributed by atoms with Gasteiger partial charge in [-0.2, -0.15) is 9.97 Å². The Kier molecular flexibility index (Phi) is 7.08. The average Bonchev–Trinajstić information content (AvgIpc) is 2.80. The van der Waals surface area contributed by atoms with E-state index in [4.69, 9.17) is 9.47 Å². The van der Waals surface area contributed by atoms with E-state index in [9.17, 15) is 4.79 Å². The first-order valence-corrected chi connectivity index (χ1v) is 10.5. The number of pyridine rings is 1. The number of anilines is 3. The van der Waals surface area contributed by atoms with E-state index in [1.807, 2.05) is 49.4 Å². The molecular formula is C23H26N6O3. The zero-order chi connectivity index (χ0) is 22.2. The summed E-state index contributed by atoms with van der Waals surface area (Å²) in [7, 11) is 0. The van der Waals surface area contributed by atoms with Crippen LogP contribution < -0.4 is 20.3 Å². The van der Waals surface area contributed by atoms with E-state index in [0.29, 0.717) is 56.7 Å². The predicted octanol–water partition coefficient (Wildman–Crippen LogP) is 3.28. The maximum absolute atomic E-state index is 12.5. The van der Waals surface area contributed by atoms with E-state index >= 15 is 0 Å². The van der Waals surface area contributed by atoms with Crippen molar-refractivity contribution in [2.24, 2.45) is 0 Å². The first kappa shape index (κ1) is 21.5. The minimum atomic E-state index is -0.422. The van der Waals surface area contributed by atoms with E-state index in [-0.39, 0.29) is 5.95 Å². The summed E-state index contributed by atoms with van der Waals surface area (Å²) in [5.74, 6) is 1.25. The molecule has 0 saturated carbocycles. The van der Waals surface area contributed by atoms with Gasteiger partial charge in [0, 0.05) is 43.2 Å². The maximum atomic E-state index is 12.5. The molecule has 32 heavy (non-hydrogen) atoms. The van der Waals surface area contributed by atoms with Gasteiger partial charge in [-0.1, -0.05) is 18.2 Å². The topological polar surface area (TPSA) is 102 Å². The number of morpholine rings is 1. The van der Waals surface area contributed by atoms with Crippen LogP contribution in [0.3, 0.4) is 0 Å². The number of rotatable bonds is 7. The number of aryl methyl sites for hydroxylation is 1. The Balaban J connectivity index is 1.46. The van der Waals surface area contributed by atoms with Gasteiger partial charge in [0.05, 0.1) is 19.8 Å². The fraction of sp³-hybridized carbons (Fsp3) is 0.304. The molecule has 1 aromatic carbocycles. The highest BCUT2D eigenvalue weighted by Crippen LogP contribution is 2.21. The number of hydrogen-bond donors (Lipinski definition) is 2. The third kappa shape index (κ3) is 6.14. The summed E-state index contributed by atoms with van der Waals surface area (Å²) in [6, 6.07) is 14.7. The molecule has 0 unspecified atom stereocenters. The number of benzene rings is 1. The minimum absolute atomic E-state index is 0.173. The molecule has 0 radical (unpaired) electrons. The molecule has 1 fully saturated rings. The third-order valence-electron chi connectivity index (χ3n) is 4.86. The van der Waals surface area contributed by atoms with Crippen molar-refractivity contribution in [3.8, 4) is 5.88 Å². The fourth-order valence-electron chi connectivity index (χ4n) is 3.29. The highest BCUT2D eigenvalue weighted by atomic mass is 16.5. The Morgan fingerprint density at radius 2 is 1.97 bits per heavy atom. The molecule has 0 atom stereocenters. The van der Waals surface area contributed by atoms with E-state index < -0.39 is 6.03 Å². The van der Waals surface area contributed by atoms with Crippen LogP contribution in [0.25, 0.3) is 0 Å². The van der Waals surface area contributed by atoms with Crippen LogP contribution in [0.1, 0.15) is 11.3 Å². The fourth-order valence-corrected chi connectivity index (χ4v) is 3.29. The molecule has 1 saturated heterocycles. The number of nitrogens with zero attached hydrogens (tertiary/aromatic N) is 4. The Bertz CT molecular complexity index is 1040. The van der Waals surface area contributed by atoms with Gasteiger partial charge in [0.15, 0.2) is 0 Å². The smallest absolute Gasteiger partial charge is 0.326 e. The van der Waals surface area contributed by atoms with Crippen LogP contribution in [0.4, 0.5) is 22.2 Å². The van der Waals surface area contributed by atoms with Gasteiger partial charge in [-0.15, -0.1) is 0 Å². The number of hydrogen-bond acceptors (Lipinski definition) is 7. The van der Waals surface area contributed by atoms with Crippen LogP contribution in [0.5, 0.6) is 5.88 Å². The molecule has 9 heteroatoms. The number of amides is 2. The molecule has 3 aromatic rings. The molecule has 9 nitrogen and oxygen atoms in total. The van der Waals surface area contributed by atoms with Crippen LogP contribution >= 0.6 is 0 Å². The molecule has 0 aliphatic carbocycles. The van der Waals surface area contributed by atoms with Gasteiger partial charge in [-0.25, -0.2) is 4.79 Å². The molecule has 166 valence electrons. The number of nitrogens with one attached hydrogen (secondary N) is 2. The van der Waals surface area contributed by atoms with Crippen LogP contribution in [-0.4, -0.2) is 53.9 Å². The maximum Gasteiger partial charge on any atom is 0.326 e. The second-order valence-corrected chi connectivity index (χ2v) is 7.36. The second-order valence-electron chi connectivity index (χ2n) is 7.36.